The van der Waals surface area contributed by atoms with E-state index in [2.05, 4.69) is 21.3 Å². The number of nitrogens with zero attached hydrogens (tertiary/aromatic N) is 4. The number of carbonyl (C=O) groups excluding carboxylic acids is 8. The van der Waals surface area contributed by atoms with Crippen LogP contribution in [0.4, 0.5) is 22.7 Å². The summed E-state index contributed by atoms with van der Waals surface area (Å²) in [6, 6.07) is 28.0. The summed E-state index contributed by atoms with van der Waals surface area (Å²) in [5.41, 5.74) is 6.25. The van der Waals surface area contributed by atoms with E-state index in [0.29, 0.717) is 153 Å². The van der Waals surface area contributed by atoms with E-state index in [9.17, 15) is 38.4 Å². The van der Waals surface area contributed by atoms with E-state index in [4.69, 9.17) is 57.8 Å². The van der Waals surface area contributed by atoms with Crippen LogP contribution in [0.25, 0.3) is 90.9 Å². The molecule has 4 amide bonds. The van der Waals surface area contributed by atoms with Crippen molar-refractivity contribution in [3.05, 3.63) is 120 Å². The number of fused-ring (bicyclic) bond motifs is 22. The third kappa shape index (κ3) is 14.4. The normalized spacial score (nSPS) is 22.7. The molecule has 24 nitrogen and oxygen atoms in total. The van der Waals surface area contributed by atoms with Crippen molar-refractivity contribution in [1.82, 2.24) is 19.9 Å². The number of amides is 4. The Bertz CT molecular complexity index is 4460. The number of carbonyl (C=O) groups is 8. The van der Waals surface area contributed by atoms with E-state index >= 15 is 0 Å². The number of anilines is 4. The Kier molecular flexibility index (Phi) is 20.5. The fraction of sp³-hybridized carbons (Fsp3) is 0.350. The molecule has 10 aliphatic rings. The predicted molar refractivity (Wildman–Crippen MR) is 386 cm³/mol. The van der Waals surface area contributed by atoms with E-state index in [0.717, 1.165) is 0 Å². The average Bonchev–Trinajstić information content (AvgIpc) is 1.65. The Balaban J connectivity index is 0.00000928. The van der Waals surface area contributed by atoms with Gasteiger partial charge in [0.15, 0.2) is 0 Å². The Morgan fingerprint density at radius 3 is 0.800 bits per heavy atom. The standard InChI is InChI=1S/C80H78N8O16.Co/c1-97-61-21-15-22-62(98-2)71(61)69-57-29-25-53(81-57)67-55-27-31-59(83-55)70(72-63(99-3)23-16-24-64(72)100-4)60-32-28-56(84-60)68(54-26-30-58(69)82-54)66-50-18-14-20-52(66)88-76(92)44-40-48(44)80(96)104-36-12-8-7-11-35-103-79(95)47-39-43(47)75(91)87-51-19-13-17-49(65(51)67)85-73(89)41-37-45(41)77(93)101-33-9-5-6-10-34-102-78(94)46-38-42(46)74(90)86-50;/h13-32,41-48H,5-12,33-40H2,1-4H3,(H6,81,82,83,84,85,86,87,88,89,90,91,92);/q;+2/p-2/t41-,42?,43?,44-,45-,46+,47+,48-;/m0./s1. The van der Waals surface area contributed by atoms with E-state index in [-0.39, 0.29) is 103 Å². The van der Waals surface area contributed by atoms with Crippen LogP contribution in [0.3, 0.4) is 0 Å². The van der Waals surface area contributed by atoms with Crippen LogP contribution in [0, 0.1) is 47.3 Å². The molecule has 0 saturated heterocycles. The molecule has 4 fully saturated rings. The van der Waals surface area contributed by atoms with Crippen molar-refractivity contribution in [2.24, 2.45) is 47.3 Å². The first-order valence-electron chi connectivity index (χ1n) is 35.4. The van der Waals surface area contributed by atoms with Gasteiger partial charge in [-0.1, -0.05) is 48.5 Å². The molecule has 17 rings (SSSR count). The van der Waals surface area contributed by atoms with Crippen molar-refractivity contribution in [3.63, 3.8) is 0 Å². The van der Waals surface area contributed by atoms with Crippen LogP contribution in [-0.4, -0.2) is 112 Å². The maximum absolute atomic E-state index is 14.9. The van der Waals surface area contributed by atoms with Gasteiger partial charge in [0.25, 0.3) is 0 Å². The summed E-state index contributed by atoms with van der Waals surface area (Å²) in [5.74, 6) is -8.53. The zero-order valence-corrected chi connectivity index (χ0v) is 59.2. The summed E-state index contributed by atoms with van der Waals surface area (Å²) in [6.07, 6.45) is 12.8. The Morgan fingerprint density at radius 2 is 0.552 bits per heavy atom. The summed E-state index contributed by atoms with van der Waals surface area (Å²) >= 11 is 0. The summed E-state index contributed by atoms with van der Waals surface area (Å²) < 4.78 is 47.7. The third-order valence-corrected chi connectivity index (χ3v) is 20.4. The molecule has 4 aliphatic carbocycles. The molecule has 7 aromatic rings. The van der Waals surface area contributed by atoms with Crippen LogP contribution in [0.2, 0.25) is 0 Å². The number of hydrogen-bond acceptors (Lipinski definition) is 18. The van der Waals surface area contributed by atoms with Gasteiger partial charge < -0.3 is 69.1 Å². The van der Waals surface area contributed by atoms with Crippen LogP contribution >= 0.6 is 0 Å². The predicted octanol–water partition coefficient (Wildman–Crippen LogP) is 12.2. The van der Waals surface area contributed by atoms with Crippen LogP contribution in [0.1, 0.15) is 99.8 Å². The second-order valence-electron chi connectivity index (χ2n) is 27.1. The van der Waals surface area contributed by atoms with Gasteiger partial charge in [-0.05, 0) is 161 Å². The molecular formula is C80H76CoN8O16. The molecule has 9 heterocycles. The van der Waals surface area contributed by atoms with Crippen LogP contribution in [-0.2, 0) is 74.1 Å². The zero-order chi connectivity index (χ0) is 71.9. The van der Waals surface area contributed by atoms with Gasteiger partial charge in [0.2, 0.25) is 23.6 Å². The molecule has 0 spiro atoms. The first kappa shape index (κ1) is 71.0. The molecule has 4 N–H and O–H groups in total. The van der Waals surface area contributed by atoms with Gasteiger partial charge in [-0.15, -0.1) is 22.1 Å². The quantitative estimate of drug-likeness (QED) is 0.0888. The smallest absolute Gasteiger partial charge is 0.657 e. The number of rotatable bonds is 6. The van der Waals surface area contributed by atoms with Crippen molar-refractivity contribution in [2.45, 2.75) is 77.0 Å². The van der Waals surface area contributed by atoms with Gasteiger partial charge in [0.05, 0.1) is 159 Å². The summed E-state index contributed by atoms with van der Waals surface area (Å²) in [7, 11) is 6.12. The number of ether oxygens (including phenoxy) is 8. The van der Waals surface area contributed by atoms with Gasteiger partial charge in [0.1, 0.15) is 23.0 Å². The van der Waals surface area contributed by atoms with Crippen LogP contribution in [0.15, 0.2) is 97.1 Å². The fourth-order valence-electron chi connectivity index (χ4n) is 14.5. The first-order chi connectivity index (χ1) is 50.7. The van der Waals surface area contributed by atoms with Crippen LogP contribution in [0.5, 0.6) is 23.0 Å². The molecule has 2 unspecified atom stereocenters. The second-order valence-corrected chi connectivity index (χ2v) is 27.1. The third-order valence-electron chi connectivity index (χ3n) is 20.4. The molecule has 4 aromatic carbocycles. The number of aromatic nitrogens is 4. The number of nitrogens with one attached hydrogen (secondary N) is 4. The van der Waals surface area contributed by atoms with E-state index in [1.807, 2.05) is 0 Å². The van der Waals surface area contributed by atoms with Gasteiger partial charge in [0, 0.05) is 22.3 Å². The topological polar surface area (TPSA) is 312 Å². The number of esters is 4. The number of hydrogen-bond donors (Lipinski definition) is 4. The van der Waals surface area contributed by atoms with Gasteiger partial charge in [-0.25, -0.2) is 9.97 Å². The summed E-state index contributed by atoms with van der Waals surface area (Å²) in [5, 5.41) is 12.6. The SMILES string of the molecule is COc1cccc(OC)c1-c1c2nc(c3c4ccc([n-]4)c(-c4c(OC)cccc4OC)c4nc(c(c5ccc1[n-]5)-c1c5cccc1NC(=O)[C@H]1C[C@@H]1C(=O)OCCCCCCOC(=O)[C@@H]1CC1C(=O)Nc1cccc(c1-3)NC(=O)[C@H]1C[C@@H]1C(=O)OCCCCCCOC(=O)[C@@H]1CC1C(=O)N5)C=C4)C=C2.[Co+2]. The first-order valence-corrected chi connectivity index (χ1v) is 35.4. The Hall–Kier alpha value is -11.1. The number of benzene rings is 4. The molecule has 6 aliphatic heterocycles. The summed E-state index contributed by atoms with van der Waals surface area (Å²) in [6.45, 7) is 0.448. The van der Waals surface area contributed by atoms with Gasteiger partial charge >= 0.3 is 40.7 Å². The van der Waals surface area contributed by atoms with E-state index < -0.39 is 94.8 Å². The van der Waals surface area contributed by atoms with Crippen molar-refractivity contribution >= 4 is 117 Å². The molecular weight excluding hydrogens is 1390 g/mol. The molecule has 1 radical (unpaired) electrons. The van der Waals surface area contributed by atoms with Crippen molar-refractivity contribution < 1.29 is 93.0 Å². The van der Waals surface area contributed by atoms with Gasteiger partial charge in [-0.3, -0.25) is 38.4 Å². The molecule has 3 aromatic heterocycles. The largest absolute Gasteiger partial charge is 2.00 e. The zero-order valence-electron chi connectivity index (χ0n) is 58.1. The average molecular weight is 1460 g/mol. The monoisotopic (exact) mass is 1460 g/mol. The molecule has 4 saturated carbocycles. The maximum Gasteiger partial charge on any atom is 2.00 e. The van der Waals surface area contributed by atoms with Crippen molar-refractivity contribution in [2.75, 3.05) is 76.1 Å². The van der Waals surface area contributed by atoms with Crippen molar-refractivity contribution in [1.29, 1.82) is 0 Å². The van der Waals surface area contributed by atoms with E-state index in [1.54, 1.807) is 121 Å². The van der Waals surface area contributed by atoms with E-state index in [1.165, 1.54) is 28.4 Å². The molecule has 25 heteroatoms. The molecule has 105 heavy (non-hydrogen) atoms. The van der Waals surface area contributed by atoms with Crippen molar-refractivity contribution in [3.8, 4) is 67.5 Å². The minimum absolute atomic E-state index is 0. The minimum Gasteiger partial charge on any atom is -0.657 e. The molecule has 8 atom stereocenters. The minimum atomic E-state index is -0.778. The number of methoxy groups -OCH3 is 4. The maximum atomic E-state index is 14.9. The van der Waals surface area contributed by atoms with Gasteiger partial charge in [-0.2, -0.15) is 0 Å². The van der Waals surface area contributed by atoms with Crippen LogP contribution < -0.4 is 50.2 Å². The summed E-state index contributed by atoms with van der Waals surface area (Å²) in [4.78, 5) is 137. The Morgan fingerprint density at radius 1 is 0.314 bits per heavy atom. The Labute approximate surface area is 614 Å². The fourth-order valence-corrected chi connectivity index (χ4v) is 14.5. The molecule has 12 bridgehead atoms. The molecule has 541 valence electrons. The second kappa shape index (κ2) is 30.3.